The second-order valence-corrected chi connectivity index (χ2v) is 12.8. The van der Waals surface area contributed by atoms with Crippen LogP contribution < -0.4 is 10.6 Å². The quantitative estimate of drug-likeness (QED) is 0.465. The molecule has 1 aliphatic heterocycles. The summed E-state index contributed by atoms with van der Waals surface area (Å²) in [6, 6.07) is 29.0. The predicted molar refractivity (Wildman–Crippen MR) is 131 cm³/mol. The van der Waals surface area contributed by atoms with Gasteiger partial charge in [0.2, 0.25) is 0 Å². The lowest BCUT2D eigenvalue weighted by Crippen LogP contribution is -2.41. The second-order valence-electron chi connectivity index (χ2n) is 9.81. The summed E-state index contributed by atoms with van der Waals surface area (Å²) in [6.07, 6.45) is 0. The molecule has 162 valence electrons. The van der Waals surface area contributed by atoms with Crippen molar-refractivity contribution in [3.63, 3.8) is 0 Å². The van der Waals surface area contributed by atoms with E-state index in [1.165, 1.54) is 11.1 Å². The van der Waals surface area contributed by atoms with Crippen LogP contribution in [0.25, 0.3) is 0 Å². The van der Waals surface area contributed by atoms with Gasteiger partial charge < -0.3 is 9.30 Å². The molecule has 3 atom stereocenters. The molecule has 1 aliphatic rings. The van der Waals surface area contributed by atoms with E-state index in [1.54, 1.807) is 0 Å². The van der Waals surface area contributed by atoms with Crippen molar-refractivity contribution in [3.8, 4) is 0 Å². The highest BCUT2D eigenvalue weighted by atomic mass is 31.2. The maximum atomic E-state index is 15.0. The first-order valence-corrected chi connectivity index (χ1v) is 13.0. The Balaban J connectivity index is 1.84. The van der Waals surface area contributed by atoms with E-state index in [0.717, 1.165) is 10.6 Å². The average molecular weight is 433 g/mol. The fourth-order valence-electron chi connectivity index (χ4n) is 4.88. The third-order valence-corrected chi connectivity index (χ3v) is 10.1. The summed E-state index contributed by atoms with van der Waals surface area (Å²) in [7, 11) is -2.93. The molecule has 1 heterocycles. The van der Waals surface area contributed by atoms with Crippen LogP contribution in [0.1, 0.15) is 44.7 Å². The largest absolute Gasteiger partial charge is 0.380 e. The second kappa shape index (κ2) is 8.77. The summed E-state index contributed by atoms with van der Waals surface area (Å²) in [4.78, 5) is 0. The van der Waals surface area contributed by atoms with E-state index in [0.29, 0.717) is 19.1 Å². The van der Waals surface area contributed by atoms with Gasteiger partial charge in [-0.3, -0.25) is 0 Å². The van der Waals surface area contributed by atoms with Crippen LogP contribution >= 0.6 is 7.14 Å². The van der Waals surface area contributed by atoms with Gasteiger partial charge in [0.1, 0.15) is 7.14 Å². The molecule has 0 spiro atoms. The normalized spacial score (nSPS) is 22.3. The number of hydrogen-bond donors (Lipinski definition) is 0. The monoisotopic (exact) mass is 432 g/mol. The van der Waals surface area contributed by atoms with Gasteiger partial charge in [-0.1, -0.05) is 113 Å². The molecule has 0 N–H and O–H groups in total. The molecule has 2 nitrogen and oxygen atoms in total. The minimum atomic E-state index is -2.93. The third-order valence-electron chi connectivity index (χ3n) is 6.61. The predicted octanol–water partition coefficient (Wildman–Crippen LogP) is 6.12. The molecular formula is C28H33O2P. The van der Waals surface area contributed by atoms with Gasteiger partial charge in [0.05, 0.1) is 12.3 Å². The van der Waals surface area contributed by atoms with Crippen LogP contribution in [0, 0.1) is 5.92 Å². The maximum Gasteiger partial charge on any atom is 0.149 e. The van der Waals surface area contributed by atoms with Gasteiger partial charge in [0, 0.05) is 23.1 Å². The lowest BCUT2D eigenvalue weighted by molar-refractivity contribution is 0.0501. The van der Waals surface area contributed by atoms with Crippen LogP contribution in [0.4, 0.5) is 0 Å². The van der Waals surface area contributed by atoms with Gasteiger partial charge in [0.25, 0.3) is 0 Å². The van der Waals surface area contributed by atoms with Gasteiger partial charge >= 0.3 is 0 Å². The average Bonchev–Trinajstić information content (AvgIpc) is 2.79. The van der Waals surface area contributed by atoms with E-state index < -0.39 is 7.14 Å². The van der Waals surface area contributed by atoms with Crippen LogP contribution in [0.3, 0.4) is 0 Å². The summed E-state index contributed by atoms with van der Waals surface area (Å²) in [5.74, 6) is 0.467. The van der Waals surface area contributed by atoms with Gasteiger partial charge in [0.15, 0.2) is 0 Å². The van der Waals surface area contributed by atoms with Crippen molar-refractivity contribution in [2.75, 3.05) is 13.2 Å². The molecule has 31 heavy (non-hydrogen) atoms. The summed E-state index contributed by atoms with van der Waals surface area (Å²) in [5.41, 5.74) is 2.60. The zero-order valence-corrected chi connectivity index (χ0v) is 19.9. The van der Waals surface area contributed by atoms with Crippen molar-refractivity contribution in [1.82, 2.24) is 0 Å². The van der Waals surface area contributed by atoms with Crippen molar-refractivity contribution in [2.45, 2.75) is 44.7 Å². The fraction of sp³-hybridized carbons (Fsp3) is 0.357. The topological polar surface area (TPSA) is 26.3 Å². The molecule has 0 radical (unpaired) electrons. The van der Waals surface area contributed by atoms with Gasteiger partial charge in [-0.25, -0.2) is 0 Å². The summed E-state index contributed by atoms with van der Waals surface area (Å²) < 4.78 is 21.1. The molecule has 0 amide bonds. The van der Waals surface area contributed by atoms with Crippen molar-refractivity contribution in [2.24, 2.45) is 5.92 Å². The van der Waals surface area contributed by atoms with E-state index in [9.17, 15) is 0 Å². The molecule has 4 rings (SSSR count). The smallest absolute Gasteiger partial charge is 0.149 e. The van der Waals surface area contributed by atoms with Gasteiger partial charge in [-0.15, -0.1) is 0 Å². The highest BCUT2D eigenvalue weighted by Gasteiger charge is 2.46. The number of rotatable bonds is 4. The Morgan fingerprint density at radius 1 is 0.774 bits per heavy atom. The Hall–Kier alpha value is -2.15. The summed E-state index contributed by atoms with van der Waals surface area (Å²) in [6.45, 7) is 10.2. The zero-order valence-electron chi connectivity index (χ0n) is 19.0. The third kappa shape index (κ3) is 4.29. The molecule has 0 saturated carbocycles. The van der Waals surface area contributed by atoms with Crippen LogP contribution in [0.15, 0.2) is 84.9 Å². The molecule has 0 bridgehead atoms. The van der Waals surface area contributed by atoms with Crippen molar-refractivity contribution < 1.29 is 9.30 Å². The number of benzene rings is 3. The van der Waals surface area contributed by atoms with E-state index in [4.69, 9.17) is 4.74 Å². The molecule has 3 aromatic carbocycles. The van der Waals surface area contributed by atoms with E-state index in [-0.39, 0.29) is 17.0 Å². The standard InChI is InChI=1S/C28H33O2P/c1-21-19-30-20-26(27(21)22-15-17-23(18-16-22)28(2,3)4)31(29,24-11-7-5-8-12-24)25-13-9-6-10-14-25/h5-18,21,26-27H,19-20H2,1-4H3. The fourth-order valence-corrected chi connectivity index (χ4v) is 8.41. The molecule has 3 heteroatoms. The molecule has 3 aromatic rings. The molecule has 3 unspecified atom stereocenters. The Morgan fingerprint density at radius 2 is 1.29 bits per heavy atom. The molecular weight excluding hydrogens is 399 g/mol. The Kier molecular flexibility index (Phi) is 6.24. The van der Waals surface area contributed by atoms with Crippen LogP contribution in [0.2, 0.25) is 0 Å². The zero-order chi connectivity index (χ0) is 22.1. The Labute approximate surface area is 187 Å². The summed E-state index contributed by atoms with van der Waals surface area (Å²) >= 11 is 0. The Morgan fingerprint density at radius 3 is 1.77 bits per heavy atom. The maximum absolute atomic E-state index is 15.0. The number of ether oxygens (including phenoxy) is 1. The van der Waals surface area contributed by atoms with Crippen LogP contribution in [-0.4, -0.2) is 18.9 Å². The minimum Gasteiger partial charge on any atom is -0.380 e. The lowest BCUT2D eigenvalue weighted by Gasteiger charge is -2.41. The van der Waals surface area contributed by atoms with Gasteiger partial charge in [-0.2, -0.15) is 0 Å². The van der Waals surface area contributed by atoms with Crippen molar-refractivity contribution in [1.29, 1.82) is 0 Å². The first-order chi connectivity index (χ1) is 14.8. The summed E-state index contributed by atoms with van der Waals surface area (Å²) in [5, 5.41) is 1.83. The van der Waals surface area contributed by atoms with Crippen molar-refractivity contribution >= 4 is 17.8 Å². The molecule has 0 aromatic heterocycles. The van der Waals surface area contributed by atoms with Crippen molar-refractivity contribution in [3.05, 3.63) is 96.1 Å². The highest BCUT2D eigenvalue weighted by Crippen LogP contribution is 2.56. The van der Waals surface area contributed by atoms with E-state index >= 15 is 4.57 Å². The first-order valence-electron chi connectivity index (χ1n) is 11.2. The highest BCUT2D eigenvalue weighted by molar-refractivity contribution is 7.79. The van der Waals surface area contributed by atoms with Crippen LogP contribution in [0.5, 0.6) is 0 Å². The molecule has 1 fully saturated rings. The van der Waals surface area contributed by atoms with Gasteiger partial charge in [-0.05, 0) is 22.5 Å². The van der Waals surface area contributed by atoms with Crippen LogP contribution in [-0.2, 0) is 14.7 Å². The minimum absolute atomic E-state index is 0.0958. The lowest BCUT2D eigenvalue weighted by atomic mass is 9.81. The van der Waals surface area contributed by atoms with E-state index in [1.807, 2.05) is 60.7 Å². The van der Waals surface area contributed by atoms with E-state index in [2.05, 4.69) is 52.0 Å². The first kappa shape index (κ1) is 22.1. The SMILES string of the molecule is CC1COCC(P(=O)(c2ccccc2)c2ccccc2)C1c1ccc(C(C)(C)C)cc1. The molecule has 0 aliphatic carbocycles. The number of hydrogen-bond acceptors (Lipinski definition) is 2. The Bertz CT molecular complexity index is 992. The molecule has 1 saturated heterocycles.